The molecular weight excluding hydrogens is 130 g/mol. The van der Waals surface area contributed by atoms with E-state index in [-0.39, 0.29) is 0 Å². The van der Waals surface area contributed by atoms with Crippen molar-refractivity contribution in [2.75, 3.05) is 14.2 Å². The number of hydrogen-bond donors (Lipinski definition) is 1. The van der Waals surface area contributed by atoms with E-state index in [1.807, 2.05) is 12.1 Å². The molecule has 0 aliphatic heterocycles. The van der Waals surface area contributed by atoms with Crippen molar-refractivity contribution < 1.29 is 14.1 Å². The van der Waals surface area contributed by atoms with E-state index in [9.17, 15) is 0 Å². The summed E-state index contributed by atoms with van der Waals surface area (Å²) in [4.78, 5) is 2.85. The zero-order chi connectivity index (χ0) is 7.40. The molecule has 0 bridgehead atoms. The second kappa shape index (κ2) is 3.06. The lowest BCUT2D eigenvalue weighted by atomic mass is 10.4. The van der Waals surface area contributed by atoms with Crippen LogP contribution in [-0.2, 0) is 4.74 Å². The van der Waals surface area contributed by atoms with Gasteiger partial charge in [-0.25, -0.2) is 4.99 Å². The van der Waals surface area contributed by atoms with Crippen LogP contribution in [0.4, 0.5) is 0 Å². The van der Waals surface area contributed by atoms with Crippen LogP contribution in [0.5, 0.6) is 0 Å². The smallest absolute Gasteiger partial charge is 0.404 e. The zero-order valence-corrected chi connectivity index (χ0v) is 6.05. The highest BCUT2D eigenvalue weighted by Gasteiger charge is 2.09. The summed E-state index contributed by atoms with van der Waals surface area (Å²) in [5, 5.41) is 0. The fraction of sp³-hybridized carbons (Fsp3) is 0.286. The molecule has 54 valence electrons. The standard InChI is InChI=1S/C7H9NO2/c1-8-7(9-2)6-4-3-5-10-6/h3-5H,1-2H3/p+1. The fourth-order valence-corrected chi connectivity index (χ4v) is 0.734. The maximum absolute atomic E-state index is 5.05. The van der Waals surface area contributed by atoms with E-state index in [0.717, 1.165) is 0 Å². The van der Waals surface area contributed by atoms with Crippen LogP contribution in [0.15, 0.2) is 22.8 Å². The van der Waals surface area contributed by atoms with E-state index in [1.54, 1.807) is 20.4 Å². The molecular formula is C7H10NO2+. The highest BCUT2D eigenvalue weighted by Crippen LogP contribution is 1.98. The van der Waals surface area contributed by atoms with Crippen molar-refractivity contribution in [1.29, 1.82) is 0 Å². The third-order valence-electron chi connectivity index (χ3n) is 1.18. The molecule has 0 aromatic carbocycles. The molecule has 3 nitrogen and oxygen atoms in total. The molecule has 0 unspecified atom stereocenters. The Labute approximate surface area is 59.3 Å². The van der Waals surface area contributed by atoms with Gasteiger partial charge in [0.1, 0.15) is 7.05 Å². The summed E-state index contributed by atoms with van der Waals surface area (Å²) in [6.07, 6.45) is 1.60. The lowest BCUT2D eigenvalue weighted by Gasteiger charge is -1.90. The first kappa shape index (κ1) is 6.86. The van der Waals surface area contributed by atoms with Crippen LogP contribution in [0.2, 0.25) is 0 Å². The first-order chi connectivity index (χ1) is 4.88. The van der Waals surface area contributed by atoms with Gasteiger partial charge in [0.15, 0.2) is 0 Å². The Balaban J connectivity index is 2.85. The molecule has 0 fully saturated rings. The lowest BCUT2D eigenvalue weighted by Crippen LogP contribution is -2.68. The predicted molar refractivity (Wildman–Crippen MR) is 36.7 cm³/mol. The predicted octanol–water partition coefficient (Wildman–Crippen LogP) is -0.617. The van der Waals surface area contributed by atoms with Gasteiger partial charge in [-0.1, -0.05) is 0 Å². The molecule has 0 amide bonds. The summed E-state index contributed by atoms with van der Waals surface area (Å²) in [7, 11) is 3.37. The third-order valence-corrected chi connectivity index (χ3v) is 1.18. The minimum atomic E-state index is 0.644. The molecule has 1 rings (SSSR count). The normalized spacial score (nSPS) is 11.6. The van der Waals surface area contributed by atoms with Gasteiger partial charge in [0.25, 0.3) is 0 Å². The van der Waals surface area contributed by atoms with Crippen molar-refractivity contribution in [2.24, 2.45) is 0 Å². The van der Waals surface area contributed by atoms with Gasteiger partial charge < -0.3 is 9.15 Å². The minimum Gasteiger partial charge on any atom is -0.455 e. The molecule has 0 spiro atoms. The molecule has 0 aliphatic carbocycles. The molecule has 0 saturated heterocycles. The SMILES string of the molecule is C[NH+]=C(OC)c1ccco1. The van der Waals surface area contributed by atoms with E-state index in [2.05, 4.69) is 4.99 Å². The Morgan fingerprint density at radius 1 is 1.70 bits per heavy atom. The molecule has 10 heavy (non-hydrogen) atoms. The van der Waals surface area contributed by atoms with Crippen molar-refractivity contribution in [3.63, 3.8) is 0 Å². The molecule has 0 atom stereocenters. The van der Waals surface area contributed by atoms with Crippen molar-refractivity contribution in [2.45, 2.75) is 0 Å². The summed E-state index contributed by atoms with van der Waals surface area (Å²) in [5.41, 5.74) is 0. The Morgan fingerprint density at radius 3 is 2.90 bits per heavy atom. The van der Waals surface area contributed by atoms with Gasteiger partial charge >= 0.3 is 5.90 Å². The molecule has 1 aromatic heterocycles. The van der Waals surface area contributed by atoms with Gasteiger partial charge in [0.05, 0.1) is 13.4 Å². The maximum atomic E-state index is 5.05. The van der Waals surface area contributed by atoms with Gasteiger partial charge in [0.2, 0.25) is 5.76 Å². The number of methoxy groups -OCH3 is 1. The van der Waals surface area contributed by atoms with Crippen LogP contribution < -0.4 is 4.99 Å². The largest absolute Gasteiger partial charge is 0.455 e. The van der Waals surface area contributed by atoms with Crippen LogP contribution in [0.1, 0.15) is 5.76 Å². The fourth-order valence-electron chi connectivity index (χ4n) is 0.734. The van der Waals surface area contributed by atoms with Crippen molar-refractivity contribution >= 4 is 5.90 Å². The molecule has 0 radical (unpaired) electrons. The van der Waals surface area contributed by atoms with E-state index >= 15 is 0 Å². The van der Waals surface area contributed by atoms with Crippen molar-refractivity contribution in [3.8, 4) is 0 Å². The van der Waals surface area contributed by atoms with Crippen LogP contribution in [-0.4, -0.2) is 20.1 Å². The summed E-state index contributed by atoms with van der Waals surface area (Å²) in [5.74, 6) is 1.36. The van der Waals surface area contributed by atoms with Gasteiger partial charge in [-0.05, 0) is 12.1 Å². The maximum Gasteiger partial charge on any atom is 0.404 e. The number of nitrogens with one attached hydrogen (secondary N) is 1. The average molecular weight is 140 g/mol. The number of rotatable bonds is 1. The van der Waals surface area contributed by atoms with E-state index in [0.29, 0.717) is 11.7 Å². The van der Waals surface area contributed by atoms with Crippen LogP contribution >= 0.6 is 0 Å². The molecule has 3 heteroatoms. The highest BCUT2D eigenvalue weighted by atomic mass is 16.5. The second-order valence-corrected chi connectivity index (χ2v) is 1.76. The van der Waals surface area contributed by atoms with E-state index in [4.69, 9.17) is 9.15 Å². The van der Waals surface area contributed by atoms with Crippen LogP contribution in [0, 0.1) is 0 Å². The summed E-state index contributed by atoms with van der Waals surface area (Å²) < 4.78 is 10.0. The highest BCUT2D eigenvalue weighted by molar-refractivity contribution is 5.86. The van der Waals surface area contributed by atoms with Crippen molar-refractivity contribution in [3.05, 3.63) is 24.2 Å². The van der Waals surface area contributed by atoms with Crippen LogP contribution in [0.3, 0.4) is 0 Å². The van der Waals surface area contributed by atoms with E-state index < -0.39 is 0 Å². The Hall–Kier alpha value is -1.25. The van der Waals surface area contributed by atoms with Gasteiger partial charge in [-0.2, -0.15) is 0 Å². The van der Waals surface area contributed by atoms with E-state index in [1.165, 1.54) is 0 Å². The minimum absolute atomic E-state index is 0.644. The Morgan fingerprint density at radius 2 is 2.50 bits per heavy atom. The molecule has 1 heterocycles. The zero-order valence-electron chi connectivity index (χ0n) is 6.05. The second-order valence-electron chi connectivity index (χ2n) is 1.76. The Kier molecular flexibility index (Phi) is 2.10. The Bertz CT molecular complexity index is 214. The topological polar surface area (TPSA) is 36.3 Å². The molecule has 1 N–H and O–H groups in total. The first-order valence-electron chi connectivity index (χ1n) is 3.01. The van der Waals surface area contributed by atoms with Crippen LogP contribution in [0.25, 0.3) is 0 Å². The summed E-state index contributed by atoms with van der Waals surface area (Å²) in [6.45, 7) is 0. The van der Waals surface area contributed by atoms with Gasteiger partial charge in [-0.15, -0.1) is 0 Å². The number of furan rings is 1. The molecule has 1 aromatic rings. The van der Waals surface area contributed by atoms with Crippen molar-refractivity contribution in [1.82, 2.24) is 0 Å². The quantitative estimate of drug-likeness (QED) is 0.417. The number of hydrogen-bond acceptors (Lipinski definition) is 2. The van der Waals surface area contributed by atoms with Gasteiger partial charge in [0, 0.05) is 0 Å². The average Bonchev–Trinajstić information content (AvgIpc) is 2.43. The summed E-state index contributed by atoms with van der Waals surface area (Å²) >= 11 is 0. The molecule has 0 saturated carbocycles. The lowest BCUT2D eigenvalue weighted by molar-refractivity contribution is -0.430. The third kappa shape index (κ3) is 1.18. The number of ether oxygens (including phenoxy) is 1. The summed E-state index contributed by atoms with van der Waals surface area (Å²) in [6, 6.07) is 3.64. The first-order valence-corrected chi connectivity index (χ1v) is 3.01. The molecule has 0 aliphatic rings. The van der Waals surface area contributed by atoms with Gasteiger partial charge in [-0.3, -0.25) is 0 Å². The monoisotopic (exact) mass is 140 g/mol.